The third kappa shape index (κ3) is 2.63. The van der Waals surface area contributed by atoms with Crippen LogP contribution in [0.1, 0.15) is 41.9 Å². The van der Waals surface area contributed by atoms with Crippen molar-refractivity contribution in [3.05, 3.63) is 29.6 Å². The summed E-state index contributed by atoms with van der Waals surface area (Å²) in [5, 5.41) is 3.18. The van der Waals surface area contributed by atoms with Crippen LogP contribution >= 0.6 is 0 Å². The monoisotopic (exact) mass is 259 g/mol. The predicted octanol–water partition coefficient (Wildman–Crippen LogP) is 1.75. The molecule has 1 N–H and O–H groups in total. The average molecular weight is 259 g/mol. The lowest BCUT2D eigenvalue weighted by molar-refractivity contribution is 0.0910. The van der Waals surface area contributed by atoms with Gasteiger partial charge in [0.05, 0.1) is 0 Å². The molecule has 0 bridgehead atoms. The van der Waals surface area contributed by atoms with E-state index < -0.39 is 0 Å². The van der Waals surface area contributed by atoms with Crippen LogP contribution in [-0.4, -0.2) is 41.0 Å². The van der Waals surface area contributed by atoms with E-state index in [-0.39, 0.29) is 5.91 Å². The first-order chi connectivity index (χ1) is 9.24. The standard InChI is InChI=1S/C15H21N3O/c1-11-5-4-6-13(16-11)15(19)17-12-8-10-18-9-3-2-7-14(12)18/h4-6,12,14H,2-3,7-10H2,1H3,(H,17,19)/t12-,14+/m0/s1. The minimum absolute atomic E-state index is 0.0267. The van der Waals surface area contributed by atoms with Crippen molar-refractivity contribution in [1.82, 2.24) is 15.2 Å². The van der Waals surface area contributed by atoms with E-state index in [4.69, 9.17) is 0 Å². The number of rotatable bonds is 2. The minimum atomic E-state index is -0.0267. The van der Waals surface area contributed by atoms with E-state index in [0.717, 1.165) is 18.7 Å². The molecule has 1 amide bonds. The third-order valence-corrected chi connectivity index (χ3v) is 4.29. The zero-order chi connectivity index (χ0) is 13.2. The first-order valence-electron chi connectivity index (χ1n) is 7.22. The largest absolute Gasteiger partial charge is 0.346 e. The predicted molar refractivity (Wildman–Crippen MR) is 74.1 cm³/mol. The molecule has 19 heavy (non-hydrogen) atoms. The number of piperidine rings is 1. The first kappa shape index (κ1) is 12.6. The quantitative estimate of drug-likeness (QED) is 0.880. The topological polar surface area (TPSA) is 45.2 Å². The van der Waals surface area contributed by atoms with Crippen molar-refractivity contribution in [1.29, 1.82) is 0 Å². The number of nitrogens with zero attached hydrogens (tertiary/aromatic N) is 2. The Kier molecular flexibility index (Phi) is 3.51. The molecule has 3 rings (SSSR count). The molecule has 2 aliphatic heterocycles. The van der Waals surface area contributed by atoms with Crippen LogP contribution in [-0.2, 0) is 0 Å². The Hall–Kier alpha value is -1.42. The summed E-state index contributed by atoms with van der Waals surface area (Å²) in [5.74, 6) is -0.0267. The van der Waals surface area contributed by atoms with Gasteiger partial charge < -0.3 is 5.32 Å². The summed E-state index contributed by atoms with van der Waals surface area (Å²) in [6.45, 7) is 4.23. The molecule has 1 aromatic heterocycles. The van der Waals surface area contributed by atoms with Crippen molar-refractivity contribution in [2.75, 3.05) is 13.1 Å². The van der Waals surface area contributed by atoms with Crippen LogP contribution in [0.25, 0.3) is 0 Å². The molecule has 0 saturated carbocycles. The second kappa shape index (κ2) is 5.29. The molecule has 4 heteroatoms. The summed E-state index contributed by atoms with van der Waals surface area (Å²) in [4.78, 5) is 19.1. The molecule has 2 saturated heterocycles. The molecule has 4 nitrogen and oxygen atoms in total. The molecule has 3 heterocycles. The number of carbonyl (C=O) groups is 1. The van der Waals surface area contributed by atoms with E-state index in [0.29, 0.717) is 17.8 Å². The Morgan fingerprint density at radius 3 is 3.05 bits per heavy atom. The van der Waals surface area contributed by atoms with Gasteiger partial charge in [0.1, 0.15) is 5.69 Å². The number of amides is 1. The maximum atomic E-state index is 12.2. The Balaban J connectivity index is 1.66. The second-order valence-corrected chi connectivity index (χ2v) is 5.63. The lowest BCUT2D eigenvalue weighted by Gasteiger charge is -2.32. The molecular formula is C15H21N3O. The van der Waals surface area contributed by atoms with E-state index in [1.165, 1.54) is 25.8 Å². The summed E-state index contributed by atoms with van der Waals surface area (Å²) >= 11 is 0. The van der Waals surface area contributed by atoms with Crippen molar-refractivity contribution in [2.45, 2.75) is 44.7 Å². The SMILES string of the molecule is Cc1cccc(C(=O)N[C@H]2CCN3CCCC[C@H]23)n1. The number of carbonyl (C=O) groups excluding carboxylic acids is 1. The number of fused-ring (bicyclic) bond motifs is 1. The molecule has 0 unspecified atom stereocenters. The summed E-state index contributed by atoms with van der Waals surface area (Å²) < 4.78 is 0. The van der Waals surface area contributed by atoms with Crippen LogP contribution < -0.4 is 5.32 Å². The zero-order valence-corrected chi connectivity index (χ0v) is 11.4. The number of aryl methyl sites for hydroxylation is 1. The smallest absolute Gasteiger partial charge is 0.270 e. The lowest BCUT2D eigenvalue weighted by Crippen LogP contribution is -2.46. The Labute approximate surface area is 114 Å². The van der Waals surface area contributed by atoms with Gasteiger partial charge in [0.25, 0.3) is 5.91 Å². The van der Waals surface area contributed by atoms with Gasteiger partial charge >= 0.3 is 0 Å². The van der Waals surface area contributed by atoms with Crippen LogP contribution in [0.15, 0.2) is 18.2 Å². The molecule has 102 valence electrons. The summed E-state index contributed by atoms with van der Waals surface area (Å²) in [6, 6.07) is 6.43. The zero-order valence-electron chi connectivity index (χ0n) is 11.4. The van der Waals surface area contributed by atoms with E-state index in [1.807, 2.05) is 19.1 Å². The van der Waals surface area contributed by atoms with Crippen molar-refractivity contribution < 1.29 is 4.79 Å². The molecule has 0 spiro atoms. The number of hydrogen-bond donors (Lipinski definition) is 1. The van der Waals surface area contributed by atoms with Crippen molar-refractivity contribution in [3.63, 3.8) is 0 Å². The van der Waals surface area contributed by atoms with E-state index >= 15 is 0 Å². The Bertz CT molecular complexity index is 474. The van der Waals surface area contributed by atoms with E-state index in [9.17, 15) is 4.79 Å². The summed E-state index contributed by atoms with van der Waals surface area (Å²) in [5.41, 5.74) is 1.42. The molecule has 2 aliphatic rings. The van der Waals surface area contributed by atoms with Gasteiger partial charge in [0.2, 0.25) is 0 Å². The van der Waals surface area contributed by atoms with Gasteiger partial charge in [-0.15, -0.1) is 0 Å². The van der Waals surface area contributed by atoms with Crippen LogP contribution in [0, 0.1) is 6.92 Å². The highest BCUT2D eigenvalue weighted by atomic mass is 16.2. The molecule has 0 radical (unpaired) electrons. The fraction of sp³-hybridized carbons (Fsp3) is 0.600. The van der Waals surface area contributed by atoms with E-state index in [1.54, 1.807) is 6.07 Å². The molecule has 2 atom stereocenters. The first-order valence-corrected chi connectivity index (χ1v) is 7.22. The molecule has 0 aromatic carbocycles. The fourth-order valence-electron chi connectivity index (χ4n) is 3.33. The van der Waals surface area contributed by atoms with Gasteiger partial charge in [-0.3, -0.25) is 9.69 Å². The van der Waals surface area contributed by atoms with Crippen LogP contribution in [0.4, 0.5) is 0 Å². The normalized spacial score (nSPS) is 27.0. The minimum Gasteiger partial charge on any atom is -0.346 e. The Morgan fingerprint density at radius 2 is 2.21 bits per heavy atom. The fourth-order valence-corrected chi connectivity index (χ4v) is 3.33. The number of nitrogens with one attached hydrogen (secondary N) is 1. The van der Waals surface area contributed by atoms with Crippen LogP contribution in [0.5, 0.6) is 0 Å². The van der Waals surface area contributed by atoms with E-state index in [2.05, 4.69) is 15.2 Å². The summed E-state index contributed by atoms with van der Waals surface area (Å²) in [7, 11) is 0. The van der Waals surface area contributed by atoms with Gasteiger partial charge in [-0.1, -0.05) is 12.5 Å². The van der Waals surface area contributed by atoms with Gasteiger partial charge in [-0.25, -0.2) is 4.98 Å². The van der Waals surface area contributed by atoms with Gasteiger partial charge in [0, 0.05) is 24.3 Å². The van der Waals surface area contributed by atoms with Crippen LogP contribution in [0.3, 0.4) is 0 Å². The van der Waals surface area contributed by atoms with Crippen molar-refractivity contribution >= 4 is 5.91 Å². The van der Waals surface area contributed by atoms with Gasteiger partial charge in [0.15, 0.2) is 0 Å². The maximum absolute atomic E-state index is 12.2. The van der Waals surface area contributed by atoms with Crippen molar-refractivity contribution in [2.24, 2.45) is 0 Å². The van der Waals surface area contributed by atoms with Gasteiger partial charge in [-0.05, 0) is 44.9 Å². The molecule has 1 aromatic rings. The second-order valence-electron chi connectivity index (χ2n) is 5.63. The highest BCUT2D eigenvalue weighted by Gasteiger charge is 2.36. The van der Waals surface area contributed by atoms with Crippen LogP contribution in [0.2, 0.25) is 0 Å². The van der Waals surface area contributed by atoms with Crippen molar-refractivity contribution in [3.8, 4) is 0 Å². The molecule has 2 fully saturated rings. The number of aromatic nitrogens is 1. The molecule has 0 aliphatic carbocycles. The Morgan fingerprint density at radius 1 is 1.32 bits per heavy atom. The molecular weight excluding hydrogens is 238 g/mol. The van der Waals surface area contributed by atoms with Gasteiger partial charge in [-0.2, -0.15) is 0 Å². The number of hydrogen-bond acceptors (Lipinski definition) is 3. The average Bonchev–Trinajstić information content (AvgIpc) is 2.82. The number of pyridine rings is 1. The third-order valence-electron chi connectivity index (χ3n) is 4.29. The summed E-state index contributed by atoms with van der Waals surface area (Å²) in [6.07, 6.45) is 4.88. The maximum Gasteiger partial charge on any atom is 0.270 e. The lowest BCUT2D eigenvalue weighted by atomic mass is 9.99. The highest BCUT2D eigenvalue weighted by molar-refractivity contribution is 5.92. The highest BCUT2D eigenvalue weighted by Crippen LogP contribution is 2.27.